The van der Waals surface area contributed by atoms with Crippen molar-refractivity contribution in [1.29, 1.82) is 0 Å². The van der Waals surface area contributed by atoms with Crippen molar-refractivity contribution in [1.82, 2.24) is 14.7 Å². The van der Waals surface area contributed by atoms with E-state index in [1.807, 2.05) is 0 Å². The Morgan fingerprint density at radius 1 is 1.00 bits per heavy atom. The number of carbonyl (C=O) groups is 1. The number of carbonyl (C=O) groups excluding carboxylic acids is 1. The number of hydrogen-bond donors (Lipinski definition) is 1. The number of amides is 1. The van der Waals surface area contributed by atoms with Crippen molar-refractivity contribution in [2.75, 3.05) is 52.4 Å². The Balaban J connectivity index is 1.76. The van der Waals surface area contributed by atoms with E-state index >= 15 is 0 Å². The largest absolute Gasteiger partial charge is 0.341 e. The second-order valence-corrected chi connectivity index (χ2v) is 6.74. The van der Waals surface area contributed by atoms with E-state index in [0.717, 1.165) is 52.4 Å². The lowest BCUT2D eigenvalue weighted by Crippen LogP contribution is -2.55. The third-order valence-electron chi connectivity index (χ3n) is 4.95. The second kappa shape index (κ2) is 8.11. The van der Waals surface area contributed by atoms with Crippen molar-refractivity contribution in [2.24, 2.45) is 11.7 Å². The summed E-state index contributed by atoms with van der Waals surface area (Å²) in [5.41, 5.74) is 5.70. The molecule has 0 spiro atoms. The van der Waals surface area contributed by atoms with Gasteiger partial charge >= 0.3 is 0 Å². The van der Waals surface area contributed by atoms with Gasteiger partial charge in [-0.3, -0.25) is 9.69 Å². The van der Waals surface area contributed by atoms with Gasteiger partial charge in [-0.15, -0.1) is 0 Å². The minimum absolute atomic E-state index is 0.0391. The minimum atomic E-state index is 0.0391. The number of nitrogens with two attached hydrogens (primary N) is 1. The van der Waals surface area contributed by atoms with Crippen LogP contribution in [0.3, 0.4) is 0 Å². The molecule has 2 heterocycles. The lowest BCUT2D eigenvalue weighted by atomic mass is 10.1. The van der Waals surface area contributed by atoms with Crippen molar-refractivity contribution in [2.45, 2.75) is 39.2 Å². The van der Waals surface area contributed by atoms with Gasteiger partial charge < -0.3 is 15.5 Å². The van der Waals surface area contributed by atoms with Crippen molar-refractivity contribution in [3.63, 3.8) is 0 Å². The van der Waals surface area contributed by atoms with Gasteiger partial charge in [-0.05, 0) is 38.6 Å². The maximum Gasteiger partial charge on any atom is 0.239 e. The lowest BCUT2D eigenvalue weighted by Gasteiger charge is -2.40. The van der Waals surface area contributed by atoms with Crippen molar-refractivity contribution < 1.29 is 4.79 Å². The normalized spacial score (nSPS) is 24.8. The summed E-state index contributed by atoms with van der Waals surface area (Å²) >= 11 is 0. The van der Waals surface area contributed by atoms with Crippen LogP contribution in [0.25, 0.3) is 0 Å². The monoisotopic (exact) mass is 296 g/mol. The Bertz CT molecular complexity index is 322. The van der Waals surface area contributed by atoms with Crippen LogP contribution in [0.1, 0.15) is 33.1 Å². The van der Waals surface area contributed by atoms with E-state index in [9.17, 15) is 4.79 Å². The van der Waals surface area contributed by atoms with E-state index in [1.54, 1.807) is 0 Å². The van der Waals surface area contributed by atoms with Gasteiger partial charge in [0, 0.05) is 45.8 Å². The highest BCUT2D eigenvalue weighted by molar-refractivity contribution is 5.81. The molecule has 0 saturated carbocycles. The fourth-order valence-corrected chi connectivity index (χ4v) is 3.38. The SMILES string of the molecule is CC(CN)CN1CCN(C(C)C(=O)N2CCCCC2)CC1. The van der Waals surface area contributed by atoms with E-state index in [-0.39, 0.29) is 6.04 Å². The highest BCUT2D eigenvalue weighted by Crippen LogP contribution is 2.14. The van der Waals surface area contributed by atoms with Crippen LogP contribution in [0.4, 0.5) is 0 Å². The Labute approximate surface area is 129 Å². The summed E-state index contributed by atoms with van der Waals surface area (Å²) in [4.78, 5) is 19.4. The molecule has 2 aliphatic rings. The molecule has 0 aromatic carbocycles. The van der Waals surface area contributed by atoms with Gasteiger partial charge in [-0.2, -0.15) is 0 Å². The van der Waals surface area contributed by atoms with Crippen LogP contribution < -0.4 is 5.73 Å². The average Bonchev–Trinajstić information content (AvgIpc) is 2.55. The molecule has 2 rings (SSSR count). The Morgan fingerprint density at radius 3 is 2.19 bits per heavy atom. The number of piperidine rings is 1. The van der Waals surface area contributed by atoms with Gasteiger partial charge in [0.05, 0.1) is 6.04 Å². The second-order valence-electron chi connectivity index (χ2n) is 6.74. The smallest absolute Gasteiger partial charge is 0.239 e. The van der Waals surface area contributed by atoms with Crippen molar-refractivity contribution in [3.8, 4) is 0 Å². The number of likely N-dealkylation sites (tertiary alicyclic amines) is 1. The van der Waals surface area contributed by atoms with Crippen LogP contribution >= 0.6 is 0 Å². The predicted octanol–water partition coefficient (Wildman–Crippen LogP) is 0.600. The molecule has 2 N–H and O–H groups in total. The quantitative estimate of drug-likeness (QED) is 0.807. The molecule has 2 aliphatic heterocycles. The third kappa shape index (κ3) is 4.66. The topological polar surface area (TPSA) is 52.8 Å². The molecule has 5 nitrogen and oxygen atoms in total. The molecule has 0 aromatic heterocycles. The molecule has 5 heteroatoms. The van der Waals surface area contributed by atoms with Gasteiger partial charge in [-0.25, -0.2) is 0 Å². The zero-order chi connectivity index (χ0) is 15.2. The van der Waals surface area contributed by atoms with E-state index in [2.05, 4.69) is 28.5 Å². The summed E-state index contributed by atoms with van der Waals surface area (Å²) < 4.78 is 0. The van der Waals surface area contributed by atoms with E-state index in [1.165, 1.54) is 19.3 Å². The van der Waals surface area contributed by atoms with Crippen LogP contribution in [0.5, 0.6) is 0 Å². The van der Waals surface area contributed by atoms with E-state index < -0.39 is 0 Å². The molecule has 2 unspecified atom stereocenters. The standard InChI is InChI=1S/C16H32N4O/c1-14(12-17)13-18-8-10-19(11-9-18)15(2)16(21)20-6-4-3-5-7-20/h14-15H,3-13,17H2,1-2H3. The van der Waals surface area contributed by atoms with Gasteiger partial charge in [0.1, 0.15) is 0 Å². The van der Waals surface area contributed by atoms with Gasteiger partial charge in [0.15, 0.2) is 0 Å². The highest BCUT2D eigenvalue weighted by Gasteiger charge is 2.29. The fraction of sp³-hybridized carbons (Fsp3) is 0.938. The molecule has 21 heavy (non-hydrogen) atoms. The number of hydrogen-bond acceptors (Lipinski definition) is 4. The first-order chi connectivity index (χ1) is 10.1. The van der Waals surface area contributed by atoms with Crippen molar-refractivity contribution in [3.05, 3.63) is 0 Å². The predicted molar refractivity (Wildman–Crippen MR) is 86.1 cm³/mol. The van der Waals surface area contributed by atoms with Crippen LogP contribution in [0, 0.1) is 5.92 Å². The first-order valence-electron chi connectivity index (χ1n) is 8.57. The molecular formula is C16H32N4O. The molecule has 0 radical (unpaired) electrons. The maximum atomic E-state index is 12.6. The first-order valence-corrected chi connectivity index (χ1v) is 8.57. The molecular weight excluding hydrogens is 264 g/mol. The molecule has 2 atom stereocenters. The maximum absolute atomic E-state index is 12.6. The average molecular weight is 296 g/mol. The molecule has 1 amide bonds. The summed E-state index contributed by atoms with van der Waals surface area (Å²) in [6, 6.07) is 0.0391. The third-order valence-corrected chi connectivity index (χ3v) is 4.95. The molecule has 2 fully saturated rings. The highest BCUT2D eigenvalue weighted by atomic mass is 16.2. The van der Waals surface area contributed by atoms with Crippen LogP contribution in [0.2, 0.25) is 0 Å². The first kappa shape index (κ1) is 16.7. The van der Waals surface area contributed by atoms with Gasteiger partial charge in [0.2, 0.25) is 5.91 Å². The Kier molecular flexibility index (Phi) is 6.45. The van der Waals surface area contributed by atoms with Crippen molar-refractivity contribution >= 4 is 5.91 Å². The Morgan fingerprint density at radius 2 is 1.62 bits per heavy atom. The van der Waals surface area contributed by atoms with Crippen LogP contribution in [-0.4, -0.2) is 79.0 Å². The van der Waals surface area contributed by atoms with E-state index in [4.69, 9.17) is 5.73 Å². The molecule has 0 aliphatic carbocycles. The summed E-state index contributed by atoms with van der Waals surface area (Å²) in [6.45, 7) is 12.1. The zero-order valence-corrected chi connectivity index (χ0v) is 13.8. The Hall–Kier alpha value is -0.650. The van der Waals surface area contributed by atoms with Crippen LogP contribution in [0.15, 0.2) is 0 Å². The number of nitrogens with zero attached hydrogens (tertiary/aromatic N) is 3. The van der Waals surface area contributed by atoms with Gasteiger partial charge in [0.25, 0.3) is 0 Å². The lowest BCUT2D eigenvalue weighted by molar-refractivity contribution is -0.138. The number of piperazine rings is 1. The molecule has 0 bridgehead atoms. The summed E-state index contributed by atoms with van der Waals surface area (Å²) in [6.07, 6.45) is 3.61. The fourth-order valence-electron chi connectivity index (χ4n) is 3.38. The molecule has 2 saturated heterocycles. The summed E-state index contributed by atoms with van der Waals surface area (Å²) in [5, 5.41) is 0. The number of rotatable bonds is 5. The molecule has 122 valence electrons. The zero-order valence-electron chi connectivity index (χ0n) is 13.8. The summed E-state index contributed by atoms with van der Waals surface area (Å²) in [7, 11) is 0. The summed E-state index contributed by atoms with van der Waals surface area (Å²) in [5.74, 6) is 0.891. The molecule has 0 aromatic rings. The van der Waals surface area contributed by atoms with Crippen LogP contribution in [-0.2, 0) is 4.79 Å². The van der Waals surface area contributed by atoms with Gasteiger partial charge in [-0.1, -0.05) is 6.92 Å². The van der Waals surface area contributed by atoms with E-state index in [0.29, 0.717) is 11.8 Å². The minimum Gasteiger partial charge on any atom is -0.341 e.